The summed E-state index contributed by atoms with van der Waals surface area (Å²) in [4.78, 5) is 20.8. The molecule has 9 heteroatoms. The zero-order valence-corrected chi connectivity index (χ0v) is 22.3. The second kappa shape index (κ2) is 11.1. The zero-order chi connectivity index (χ0) is 28.5. The number of nitrogens with zero attached hydrogens (tertiary/aromatic N) is 3. The first-order valence-corrected chi connectivity index (χ1v) is 13.3. The third kappa shape index (κ3) is 5.53. The van der Waals surface area contributed by atoms with E-state index in [9.17, 15) is 14.3 Å². The van der Waals surface area contributed by atoms with Gasteiger partial charge in [0.15, 0.2) is 0 Å². The monoisotopic (exact) mass is 555 g/mol. The number of fused-ring (bicyclic) bond motifs is 1. The van der Waals surface area contributed by atoms with Gasteiger partial charge in [0, 0.05) is 30.2 Å². The molecule has 3 heterocycles. The smallest absolute Gasteiger partial charge is 0.335 e. The predicted octanol–water partition coefficient (Wildman–Crippen LogP) is 6.51. The van der Waals surface area contributed by atoms with Crippen LogP contribution >= 0.6 is 0 Å². The van der Waals surface area contributed by atoms with E-state index in [0.29, 0.717) is 58.3 Å². The first-order valence-electron chi connectivity index (χ1n) is 13.3. The third-order valence-electron chi connectivity index (χ3n) is 7.29. The van der Waals surface area contributed by atoms with E-state index < -0.39 is 11.8 Å². The van der Waals surface area contributed by atoms with Gasteiger partial charge in [-0.05, 0) is 60.9 Å². The van der Waals surface area contributed by atoms with Crippen molar-refractivity contribution in [3.63, 3.8) is 0 Å². The SMILES string of the molecule is Cc1ccc(COc2cccc(-c3ccc(Cc4nc5ccc(C(=O)O)cc5n4C4CCOC4)c(F)c3)n2)c(F)c1. The van der Waals surface area contributed by atoms with Crippen molar-refractivity contribution in [1.29, 1.82) is 0 Å². The Hall–Kier alpha value is -4.63. The number of carboxylic acid groups (broad SMARTS) is 1. The van der Waals surface area contributed by atoms with Crippen molar-refractivity contribution < 1.29 is 28.2 Å². The van der Waals surface area contributed by atoms with E-state index in [2.05, 4.69) is 4.98 Å². The van der Waals surface area contributed by atoms with Gasteiger partial charge in [0.2, 0.25) is 5.88 Å². The van der Waals surface area contributed by atoms with Crippen LogP contribution in [-0.4, -0.2) is 38.8 Å². The van der Waals surface area contributed by atoms with Gasteiger partial charge in [0.25, 0.3) is 0 Å². The Kier molecular flexibility index (Phi) is 7.19. The lowest BCUT2D eigenvalue weighted by molar-refractivity contribution is 0.0697. The van der Waals surface area contributed by atoms with E-state index in [-0.39, 0.29) is 30.5 Å². The molecule has 1 unspecified atom stereocenters. The van der Waals surface area contributed by atoms with Crippen LogP contribution in [-0.2, 0) is 17.8 Å². The minimum atomic E-state index is -1.02. The highest BCUT2D eigenvalue weighted by Gasteiger charge is 2.24. The first kappa shape index (κ1) is 26.6. The molecule has 3 aromatic carbocycles. The molecule has 0 aliphatic carbocycles. The normalized spacial score (nSPS) is 15.0. The summed E-state index contributed by atoms with van der Waals surface area (Å²) in [6, 6.07) is 19.9. The van der Waals surface area contributed by atoms with Crippen LogP contribution < -0.4 is 4.74 Å². The lowest BCUT2D eigenvalue weighted by Crippen LogP contribution is -2.13. The van der Waals surface area contributed by atoms with Crippen LogP contribution in [0.25, 0.3) is 22.3 Å². The Bertz CT molecular complexity index is 1760. The number of aromatic nitrogens is 3. The van der Waals surface area contributed by atoms with Gasteiger partial charge >= 0.3 is 5.97 Å². The summed E-state index contributed by atoms with van der Waals surface area (Å²) >= 11 is 0. The second-order valence-electron chi connectivity index (χ2n) is 10.2. The molecule has 41 heavy (non-hydrogen) atoms. The first-order chi connectivity index (χ1) is 19.9. The summed E-state index contributed by atoms with van der Waals surface area (Å²) in [5, 5.41) is 9.49. The summed E-state index contributed by atoms with van der Waals surface area (Å²) < 4.78 is 42.9. The Morgan fingerprint density at radius 1 is 1.02 bits per heavy atom. The fourth-order valence-corrected chi connectivity index (χ4v) is 5.13. The largest absolute Gasteiger partial charge is 0.478 e. The lowest BCUT2D eigenvalue weighted by atomic mass is 10.0. The van der Waals surface area contributed by atoms with Crippen molar-refractivity contribution >= 4 is 17.0 Å². The molecule has 1 atom stereocenters. The number of aromatic carboxylic acids is 1. The van der Waals surface area contributed by atoms with Crippen molar-refractivity contribution in [3.05, 3.63) is 113 Å². The number of hydrogen-bond donors (Lipinski definition) is 1. The summed E-state index contributed by atoms with van der Waals surface area (Å²) in [7, 11) is 0. The fourth-order valence-electron chi connectivity index (χ4n) is 5.13. The molecule has 2 aromatic heterocycles. The third-order valence-corrected chi connectivity index (χ3v) is 7.29. The molecule has 1 aliphatic rings. The second-order valence-corrected chi connectivity index (χ2v) is 10.2. The number of halogens is 2. The Morgan fingerprint density at radius 2 is 1.85 bits per heavy atom. The molecule has 0 bridgehead atoms. The molecule has 1 fully saturated rings. The average molecular weight is 556 g/mol. The van der Waals surface area contributed by atoms with Gasteiger partial charge in [-0.25, -0.2) is 23.5 Å². The summed E-state index contributed by atoms with van der Waals surface area (Å²) in [5.41, 5.74) is 4.31. The Morgan fingerprint density at radius 3 is 2.61 bits per heavy atom. The van der Waals surface area contributed by atoms with E-state index in [1.54, 1.807) is 48.5 Å². The van der Waals surface area contributed by atoms with Gasteiger partial charge in [-0.1, -0.05) is 30.3 Å². The quantitative estimate of drug-likeness (QED) is 0.235. The number of hydrogen-bond acceptors (Lipinski definition) is 5. The van der Waals surface area contributed by atoms with E-state index in [1.807, 2.05) is 17.6 Å². The molecular formula is C32H27F2N3O4. The van der Waals surface area contributed by atoms with Crippen molar-refractivity contribution in [2.45, 2.75) is 32.4 Å². The molecule has 5 aromatic rings. The summed E-state index contributed by atoms with van der Waals surface area (Å²) in [6.45, 7) is 2.93. The minimum absolute atomic E-state index is 0.0123. The molecule has 0 saturated carbocycles. The fraction of sp³-hybridized carbons (Fsp3) is 0.219. The van der Waals surface area contributed by atoms with E-state index >= 15 is 4.39 Å². The van der Waals surface area contributed by atoms with Gasteiger partial charge < -0.3 is 19.1 Å². The van der Waals surface area contributed by atoms with Crippen LogP contribution in [0.4, 0.5) is 8.78 Å². The summed E-state index contributed by atoms with van der Waals surface area (Å²) in [6.07, 6.45) is 0.982. The standard InChI is InChI=1S/C32H27F2N3O4/c1-19-5-6-23(25(33)13-19)17-41-31-4-2-3-27(36-31)21-8-7-20(26(34)14-21)16-30-35-28-10-9-22(32(38)39)15-29(28)37(30)24-11-12-40-18-24/h2-10,13-15,24H,11-12,16-18H2,1H3,(H,38,39). The number of carboxylic acids is 1. The number of ether oxygens (including phenoxy) is 2. The molecule has 1 aliphatic heterocycles. The van der Waals surface area contributed by atoms with Crippen LogP contribution in [0.1, 0.15) is 45.3 Å². The van der Waals surface area contributed by atoms with E-state index in [0.717, 1.165) is 12.0 Å². The number of carbonyl (C=O) groups is 1. The van der Waals surface area contributed by atoms with Crippen LogP contribution in [0.3, 0.4) is 0 Å². The van der Waals surface area contributed by atoms with Crippen LogP contribution in [0.15, 0.2) is 72.8 Å². The molecule has 6 rings (SSSR count). The number of benzene rings is 3. The highest BCUT2D eigenvalue weighted by atomic mass is 19.1. The van der Waals surface area contributed by atoms with Crippen molar-refractivity contribution in [3.8, 4) is 17.1 Å². The van der Waals surface area contributed by atoms with Gasteiger partial charge in [0.1, 0.15) is 24.1 Å². The molecular weight excluding hydrogens is 528 g/mol. The highest BCUT2D eigenvalue weighted by Crippen LogP contribution is 2.30. The van der Waals surface area contributed by atoms with Gasteiger partial charge in [0.05, 0.1) is 34.9 Å². The van der Waals surface area contributed by atoms with Crippen molar-refractivity contribution in [2.75, 3.05) is 13.2 Å². The van der Waals surface area contributed by atoms with Gasteiger partial charge in [-0.3, -0.25) is 0 Å². The predicted molar refractivity (Wildman–Crippen MR) is 149 cm³/mol. The maximum Gasteiger partial charge on any atom is 0.335 e. The van der Waals surface area contributed by atoms with E-state index in [4.69, 9.17) is 14.5 Å². The number of pyridine rings is 1. The highest BCUT2D eigenvalue weighted by molar-refractivity contribution is 5.92. The molecule has 0 radical (unpaired) electrons. The van der Waals surface area contributed by atoms with Crippen LogP contribution in [0, 0.1) is 18.6 Å². The molecule has 1 saturated heterocycles. The minimum Gasteiger partial charge on any atom is -0.478 e. The molecule has 7 nitrogen and oxygen atoms in total. The van der Waals surface area contributed by atoms with Crippen LogP contribution in [0.5, 0.6) is 5.88 Å². The average Bonchev–Trinajstić information content (AvgIpc) is 3.61. The maximum absolute atomic E-state index is 15.5. The van der Waals surface area contributed by atoms with Crippen LogP contribution in [0.2, 0.25) is 0 Å². The zero-order valence-electron chi connectivity index (χ0n) is 22.3. The number of aryl methyl sites for hydroxylation is 1. The molecule has 0 amide bonds. The van der Waals surface area contributed by atoms with Crippen molar-refractivity contribution in [2.24, 2.45) is 0 Å². The molecule has 0 spiro atoms. The molecule has 1 N–H and O–H groups in total. The lowest BCUT2D eigenvalue weighted by Gasteiger charge is -2.16. The topological polar surface area (TPSA) is 86.5 Å². The molecule has 208 valence electrons. The Labute approximate surface area is 235 Å². The van der Waals surface area contributed by atoms with Gasteiger partial charge in [-0.15, -0.1) is 0 Å². The maximum atomic E-state index is 15.5. The Balaban J connectivity index is 1.25. The van der Waals surface area contributed by atoms with E-state index in [1.165, 1.54) is 18.2 Å². The summed E-state index contributed by atoms with van der Waals surface area (Å²) in [5.74, 6) is -0.822. The van der Waals surface area contributed by atoms with Crippen molar-refractivity contribution in [1.82, 2.24) is 14.5 Å². The number of rotatable bonds is 8. The number of imidazole rings is 1. The van der Waals surface area contributed by atoms with Gasteiger partial charge in [-0.2, -0.15) is 0 Å².